The number of aryl methyl sites for hydroxylation is 2. The number of carbonyl (C=O) groups excluding carboxylic acids is 2. The Morgan fingerprint density at radius 2 is 1.83 bits per heavy atom. The minimum absolute atomic E-state index is 0.203. The Hall–Kier alpha value is -2.99. The minimum atomic E-state index is -0.212. The summed E-state index contributed by atoms with van der Waals surface area (Å²) in [7, 11) is 0. The van der Waals surface area contributed by atoms with Crippen molar-refractivity contribution < 1.29 is 14.3 Å². The van der Waals surface area contributed by atoms with Gasteiger partial charge in [0.2, 0.25) is 0 Å². The van der Waals surface area contributed by atoms with E-state index in [1.165, 1.54) is 4.90 Å². The Morgan fingerprint density at radius 3 is 2.60 bits per heavy atom. The molecule has 4 rings (SSSR count). The normalized spacial score (nSPS) is 15.5. The number of thioether (sulfide) groups is 1. The monoisotopic (exact) mass is 420 g/mol. The molecule has 1 saturated heterocycles. The number of hydrogen-bond donors (Lipinski definition) is 0. The number of ether oxygens (including phenoxy) is 1. The highest BCUT2D eigenvalue weighted by atomic mass is 32.2. The van der Waals surface area contributed by atoms with Gasteiger partial charge in [-0.1, -0.05) is 36.4 Å². The molecule has 0 bridgehead atoms. The SMILES string of the molecule is CCN1C(=O)S/C(=C\c2cn(CCCOc3ccccc3C)c3ccccc23)C1=O. The Bertz CT molecular complexity index is 1130. The highest BCUT2D eigenvalue weighted by Crippen LogP contribution is 2.34. The van der Waals surface area contributed by atoms with Gasteiger partial charge < -0.3 is 9.30 Å². The number of benzene rings is 2. The van der Waals surface area contributed by atoms with Gasteiger partial charge in [-0.15, -0.1) is 0 Å². The maximum atomic E-state index is 12.5. The van der Waals surface area contributed by atoms with E-state index in [0.717, 1.165) is 52.5 Å². The Morgan fingerprint density at radius 1 is 1.07 bits per heavy atom. The average molecular weight is 421 g/mol. The van der Waals surface area contributed by atoms with E-state index in [9.17, 15) is 9.59 Å². The highest BCUT2D eigenvalue weighted by Gasteiger charge is 2.33. The summed E-state index contributed by atoms with van der Waals surface area (Å²) < 4.78 is 8.11. The van der Waals surface area contributed by atoms with E-state index < -0.39 is 0 Å². The Kier molecular flexibility index (Phi) is 5.95. The van der Waals surface area contributed by atoms with Gasteiger partial charge in [-0.2, -0.15) is 0 Å². The van der Waals surface area contributed by atoms with Crippen LogP contribution in [0.5, 0.6) is 5.75 Å². The van der Waals surface area contributed by atoms with Crippen LogP contribution in [0, 0.1) is 6.92 Å². The number of aromatic nitrogens is 1. The molecule has 2 heterocycles. The molecule has 30 heavy (non-hydrogen) atoms. The van der Waals surface area contributed by atoms with Crippen molar-refractivity contribution in [1.29, 1.82) is 0 Å². The summed E-state index contributed by atoms with van der Waals surface area (Å²) in [6.45, 7) is 5.68. The number of rotatable bonds is 7. The van der Waals surface area contributed by atoms with Gasteiger partial charge in [-0.05, 0) is 55.8 Å². The lowest BCUT2D eigenvalue weighted by Gasteiger charge is -2.09. The fourth-order valence-corrected chi connectivity index (χ4v) is 4.52. The molecule has 1 aromatic heterocycles. The highest BCUT2D eigenvalue weighted by molar-refractivity contribution is 8.18. The van der Waals surface area contributed by atoms with Crippen molar-refractivity contribution >= 4 is 39.9 Å². The molecule has 0 radical (unpaired) electrons. The molecule has 1 fully saturated rings. The summed E-state index contributed by atoms with van der Waals surface area (Å²) in [5.74, 6) is 0.707. The number of likely N-dealkylation sites (N-methyl/N-ethyl adjacent to an activating group) is 1. The van der Waals surface area contributed by atoms with E-state index >= 15 is 0 Å². The predicted molar refractivity (Wildman–Crippen MR) is 122 cm³/mol. The van der Waals surface area contributed by atoms with Crippen LogP contribution in [0.25, 0.3) is 17.0 Å². The summed E-state index contributed by atoms with van der Waals surface area (Å²) in [6.07, 6.45) is 4.75. The molecule has 0 N–H and O–H groups in total. The lowest BCUT2D eigenvalue weighted by atomic mass is 10.1. The van der Waals surface area contributed by atoms with Crippen molar-refractivity contribution in [2.75, 3.05) is 13.2 Å². The van der Waals surface area contributed by atoms with Crippen LogP contribution < -0.4 is 4.74 Å². The molecule has 0 atom stereocenters. The van der Waals surface area contributed by atoms with Gasteiger partial charge in [0.1, 0.15) is 5.75 Å². The summed E-state index contributed by atoms with van der Waals surface area (Å²) in [5, 5.41) is 0.867. The quantitative estimate of drug-likeness (QED) is 0.375. The van der Waals surface area contributed by atoms with E-state index in [-0.39, 0.29) is 11.1 Å². The zero-order chi connectivity index (χ0) is 21.1. The van der Waals surface area contributed by atoms with E-state index in [1.54, 1.807) is 0 Å². The third-order valence-corrected chi connectivity index (χ3v) is 6.10. The number of hydrogen-bond acceptors (Lipinski definition) is 4. The molecule has 3 aromatic rings. The van der Waals surface area contributed by atoms with Gasteiger partial charge in [-0.3, -0.25) is 14.5 Å². The molecule has 2 aromatic carbocycles. The van der Waals surface area contributed by atoms with Crippen LogP contribution in [0.2, 0.25) is 0 Å². The largest absolute Gasteiger partial charge is 0.493 e. The van der Waals surface area contributed by atoms with Crippen LogP contribution in [-0.2, 0) is 11.3 Å². The molecule has 2 amide bonds. The molecule has 0 spiro atoms. The van der Waals surface area contributed by atoms with Gasteiger partial charge in [0, 0.05) is 35.8 Å². The Labute approximate surface area is 180 Å². The van der Waals surface area contributed by atoms with Gasteiger partial charge in [0.15, 0.2) is 0 Å². The first-order valence-corrected chi connectivity index (χ1v) is 10.9. The molecule has 0 unspecified atom stereocenters. The fourth-order valence-electron chi connectivity index (χ4n) is 3.62. The number of para-hydroxylation sites is 2. The van der Waals surface area contributed by atoms with Crippen molar-refractivity contribution in [2.24, 2.45) is 0 Å². The third kappa shape index (κ3) is 4.00. The minimum Gasteiger partial charge on any atom is -0.493 e. The molecule has 6 heteroatoms. The second-order valence-electron chi connectivity index (χ2n) is 7.19. The smallest absolute Gasteiger partial charge is 0.293 e. The molecule has 0 saturated carbocycles. The maximum absolute atomic E-state index is 12.5. The molecule has 1 aliphatic heterocycles. The third-order valence-electron chi connectivity index (χ3n) is 5.19. The number of nitrogens with zero attached hydrogens (tertiary/aromatic N) is 2. The first kappa shape index (κ1) is 20.3. The molecule has 1 aliphatic rings. The summed E-state index contributed by atoms with van der Waals surface area (Å²) in [4.78, 5) is 26.2. The summed E-state index contributed by atoms with van der Waals surface area (Å²) in [5.41, 5.74) is 3.19. The molecule has 0 aliphatic carbocycles. The van der Waals surface area contributed by atoms with Crippen molar-refractivity contribution in [1.82, 2.24) is 9.47 Å². The summed E-state index contributed by atoms with van der Waals surface area (Å²) in [6, 6.07) is 16.1. The molecule has 5 nitrogen and oxygen atoms in total. The number of carbonyl (C=O) groups is 2. The molecule has 154 valence electrons. The van der Waals surface area contributed by atoms with Gasteiger partial charge in [0.05, 0.1) is 11.5 Å². The fraction of sp³-hybridized carbons (Fsp3) is 0.250. The first-order chi connectivity index (χ1) is 14.6. The van der Waals surface area contributed by atoms with Crippen molar-refractivity contribution in [2.45, 2.75) is 26.8 Å². The second-order valence-corrected chi connectivity index (χ2v) is 8.18. The maximum Gasteiger partial charge on any atom is 0.293 e. The lowest BCUT2D eigenvalue weighted by molar-refractivity contribution is -0.122. The van der Waals surface area contributed by atoms with Gasteiger partial charge in [0.25, 0.3) is 11.1 Å². The zero-order valence-corrected chi connectivity index (χ0v) is 17.9. The predicted octanol–water partition coefficient (Wildman–Crippen LogP) is 5.48. The second kappa shape index (κ2) is 8.79. The van der Waals surface area contributed by atoms with Crippen molar-refractivity contribution in [3.8, 4) is 5.75 Å². The van der Waals surface area contributed by atoms with Crippen LogP contribution in [-0.4, -0.2) is 33.8 Å². The number of fused-ring (bicyclic) bond motifs is 1. The Balaban J connectivity index is 1.51. The van der Waals surface area contributed by atoms with Gasteiger partial charge in [-0.25, -0.2) is 0 Å². The standard InChI is InChI=1S/C24H24N2O3S/c1-3-26-23(27)22(30-24(26)28)15-18-16-25(20-11-6-5-10-19(18)20)13-8-14-29-21-12-7-4-9-17(21)2/h4-7,9-12,15-16H,3,8,13-14H2,1-2H3/b22-15-. The van der Waals surface area contributed by atoms with Crippen LogP contribution in [0.4, 0.5) is 4.79 Å². The van der Waals surface area contributed by atoms with Crippen molar-refractivity contribution in [3.05, 3.63) is 70.8 Å². The van der Waals surface area contributed by atoms with Crippen LogP contribution >= 0.6 is 11.8 Å². The van der Waals surface area contributed by atoms with Crippen LogP contribution in [0.3, 0.4) is 0 Å². The van der Waals surface area contributed by atoms with E-state index in [4.69, 9.17) is 4.74 Å². The van der Waals surface area contributed by atoms with E-state index in [2.05, 4.69) is 16.8 Å². The lowest BCUT2D eigenvalue weighted by Crippen LogP contribution is -2.27. The average Bonchev–Trinajstić information content (AvgIpc) is 3.23. The van der Waals surface area contributed by atoms with E-state index in [1.807, 2.05) is 62.4 Å². The number of imide groups is 1. The van der Waals surface area contributed by atoms with Gasteiger partial charge >= 0.3 is 0 Å². The number of amides is 2. The van der Waals surface area contributed by atoms with E-state index in [0.29, 0.717) is 18.1 Å². The van der Waals surface area contributed by atoms with Crippen molar-refractivity contribution in [3.63, 3.8) is 0 Å². The molecular weight excluding hydrogens is 396 g/mol. The molecular formula is C24H24N2O3S. The topological polar surface area (TPSA) is 51.5 Å². The summed E-state index contributed by atoms with van der Waals surface area (Å²) >= 11 is 1.01. The van der Waals surface area contributed by atoms with Crippen LogP contribution in [0.1, 0.15) is 24.5 Å². The first-order valence-electron chi connectivity index (χ1n) is 10.1. The zero-order valence-electron chi connectivity index (χ0n) is 17.1. The van der Waals surface area contributed by atoms with Crippen LogP contribution in [0.15, 0.2) is 59.6 Å².